The molecule has 0 aliphatic carbocycles. The number of hydrogen-bond acceptors (Lipinski definition) is 4. The normalized spacial score (nSPS) is 13.9. The number of phenols is 1. The molecule has 0 bridgehead atoms. The van der Waals surface area contributed by atoms with Crippen LogP contribution in [0.15, 0.2) is 46.6 Å². The maximum atomic E-state index is 13.5. The van der Waals surface area contributed by atoms with Crippen LogP contribution in [0.25, 0.3) is 32.1 Å². The van der Waals surface area contributed by atoms with Crippen LogP contribution in [0.1, 0.15) is 18.1 Å². The minimum atomic E-state index is -0.734. The number of aryl methyl sites for hydroxylation is 1. The molecule has 2 aromatic carbocycles. The molecule has 144 valence electrons. The SMILES string of the molecule is Cc1cc(O)c(-c2ccc(C(C)(CN)CF)cc2)c2c1[nH]c(=O)c1sccc12. The zero-order chi connectivity index (χ0) is 20.1. The number of fused-ring (bicyclic) bond motifs is 3. The number of thiophene rings is 1. The van der Waals surface area contributed by atoms with Crippen LogP contribution in [-0.2, 0) is 5.41 Å². The van der Waals surface area contributed by atoms with Crippen LogP contribution >= 0.6 is 11.3 Å². The van der Waals surface area contributed by atoms with Crippen LogP contribution in [0.4, 0.5) is 4.39 Å². The van der Waals surface area contributed by atoms with E-state index in [0.29, 0.717) is 15.8 Å². The van der Waals surface area contributed by atoms with Gasteiger partial charge in [-0.15, -0.1) is 11.3 Å². The number of aromatic nitrogens is 1. The lowest BCUT2D eigenvalue weighted by atomic mass is 9.83. The van der Waals surface area contributed by atoms with Crippen molar-refractivity contribution >= 4 is 32.3 Å². The van der Waals surface area contributed by atoms with Crippen molar-refractivity contribution in [3.63, 3.8) is 0 Å². The molecule has 4 rings (SSSR count). The number of aromatic amines is 1. The summed E-state index contributed by atoms with van der Waals surface area (Å²) in [6.45, 7) is 3.31. The number of aromatic hydroxyl groups is 1. The van der Waals surface area contributed by atoms with Crippen molar-refractivity contribution in [3.8, 4) is 16.9 Å². The molecule has 0 fully saturated rings. The molecule has 2 heterocycles. The van der Waals surface area contributed by atoms with Crippen LogP contribution in [0, 0.1) is 6.92 Å². The highest BCUT2D eigenvalue weighted by atomic mass is 32.1. The summed E-state index contributed by atoms with van der Waals surface area (Å²) >= 11 is 1.38. The first-order valence-electron chi connectivity index (χ1n) is 9.02. The monoisotopic (exact) mass is 396 g/mol. The van der Waals surface area contributed by atoms with E-state index in [4.69, 9.17) is 5.73 Å². The van der Waals surface area contributed by atoms with E-state index < -0.39 is 12.1 Å². The molecule has 28 heavy (non-hydrogen) atoms. The molecule has 1 atom stereocenters. The molecule has 4 nitrogen and oxygen atoms in total. The van der Waals surface area contributed by atoms with Gasteiger partial charge in [0, 0.05) is 28.3 Å². The number of nitrogens with one attached hydrogen (secondary N) is 1. The van der Waals surface area contributed by atoms with Gasteiger partial charge < -0.3 is 15.8 Å². The second-order valence-electron chi connectivity index (χ2n) is 7.43. The summed E-state index contributed by atoms with van der Waals surface area (Å²) in [5, 5.41) is 14.3. The summed E-state index contributed by atoms with van der Waals surface area (Å²) in [6.07, 6.45) is 0. The third kappa shape index (κ3) is 2.72. The lowest BCUT2D eigenvalue weighted by Crippen LogP contribution is -2.33. The largest absolute Gasteiger partial charge is 0.507 e. The maximum Gasteiger partial charge on any atom is 0.266 e. The molecule has 0 aliphatic heterocycles. The molecule has 0 saturated carbocycles. The number of phenolic OH excluding ortho intramolecular Hbond substituents is 1. The number of H-pyrrole nitrogens is 1. The Bertz CT molecular complexity index is 1240. The Morgan fingerprint density at radius 3 is 2.61 bits per heavy atom. The second kappa shape index (κ2) is 6.72. The third-order valence-electron chi connectivity index (χ3n) is 5.50. The van der Waals surface area contributed by atoms with Gasteiger partial charge in [0.15, 0.2) is 0 Å². The first-order valence-corrected chi connectivity index (χ1v) is 9.90. The summed E-state index contributed by atoms with van der Waals surface area (Å²) < 4.78 is 14.1. The molecule has 4 aromatic rings. The predicted octanol–water partition coefficient (Wildman–Crippen LogP) is 4.61. The first kappa shape index (κ1) is 18.7. The molecule has 0 radical (unpaired) electrons. The van der Waals surface area contributed by atoms with Gasteiger partial charge in [0.2, 0.25) is 0 Å². The lowest BCUT2D eigenvalue weighted by molar-refractivity contribution is 0.334. The van der Waals surface area contributed by atoms with E-state index in [1.54, 1.807) is 13.0 Å². The summed E-state index contributed by atoms with van der Waals surface area (Å²) in [4.78, 5) is 15.4. The molecule has 0 aliphatic rings. The van der Waals surface area contributed by atoms with Crippen molar-refractivity contribution in [2.24, 2.45) is 5.73 Å². The van der Waals surface area contributed by atoms with Crippen molar-refractivity contribution in [2.45, 2.75) is 19.3 Å². The van der Waals surface area contributed by atoms with Gasteiger partial charge >= 0.3 is 0 Å². The fourth-order valence-corrected chi connectivity index (χ4v) is 4.46. The molecule has 0 amide bonds. The number of nitrogens with two attached hydrogens (primary N) is 1. The van der Waals surface area contributed by atoms with E-state index in [9.17, 15) is 14.3 Å². The molecule has 1 unspecified atom stereocenters. The van der Waals surface area contributed by atoms with E-state index in [0.717, 1.165) is 27.5 Å². The number of benzene rings is 2. The summed E-state index contributed by atoms with van der Waals surface area (Å²) in [6, 6.07) is 11.0. The van der Waals surface area contributed by atoms with E-state index in [2.05, 4.69) is 4.98 Å². The second-order valence-corrected chi connectivity index (χ2v) is 8.35. The Hall–Kier alpha value is -2.70. The zero-order valence-electron chi connectivity index (χ0n) is 15.7. The smallest absolute Gasteiger partial charge is 0.266 e. The highest BCUT2D eigenvalue weighted by Gasteiger charge is 2.25. The van der Waals surface area contributed by atoms with Crippen molar-refractivity contribution in [3.05, 3.63) is 63.3 Å². The van der Waals surface area contributed by atoms with E-state index in [1.165, 1.54) is 11.3 Å². The topological polar surface area (TPSA) is 79.1 Å². The Labute approximate surface area is 165 Å². The Morgan fingerprint density at radius 1 is 1.25 bits per heavy atom. The molecular weight excluding hydrogens is 375 g/mol. The molecular formula is C22H21FN2O2S. The van der Waals surface area contributed by atoms with Gasteiger partial charge in [0.05, 0.1) is 12.2 Å². The number of halogens is 1. The standard InChI is InChI=1S/C22H21FN2O2S/c1-12-9-16(26)17(13-3-5-14(6-4-13)22(2,10-23)11-24)18-15-7-8-28-20(15)21(27)25-19(12)18/h3-9,26H,10-11,24H2,1-2H3,(H,25,27). The van der Waals surface area contributed by atoms with Crippen LogP contribution in [0.3, 0.4) is 0 Å². The quantitative estimate of drug-likeness (QED) is 0.471. The van der Waals surface area contributed by atoms with Crippen LogP contribution < -0.4 is 11.3 Å². The van der Waals surface area contributed by atoms with Gasteiger partial charge in [0.25, 0.3) is 5.56 Å². The number of alkyl halides is 1. The third-order valence-corrected chi connectivity index (χ3v) is 6.41. The molecule has 4 N–H and O–H groups in total. The van der Waals surface area contributed by atoms with Gasteiger partial charge in [-0.25, -0.2) is 0 Å². The minimum Gasteiger partial charge on any atom is -0.507 e. The number of pyridine rings is 1. The Balaban J connectivity index is 2.02. The lowest BCUT2D eigenvalue weighted by Gasteiger charge is -2.25. The van der Waals surface area contributed by atoms with Crippen LogP contribution in [0.2, 0.25) is 0 Å². The fraction of sp³-hybridized carbons (Fsp3) is 0.227. The number of rotatable bonds is 4. The average Bonchev–Trinajstić information content (AvgIpc) is 3.19. The zero-order valence-corrected chi connectivity index (χ0v) is 16.5. The highest BCUT2D eigenvalue weighted by molar-refractivity contribution is 7.17. The van der Waals surface area contributed by atoms with E-state index >= 15 is 0 Å². The van der Waals surface area contributed by atoms with Gasteiger partial charge in [0.1, 0.15) is 10.4 Å². The van der Waals surface area contributed by atoms with Crippen LogP contribution in [0.5, 0.6) is 5.75 Å². The summed E-state index contributed by atoms with van der Waals surface area (Å²) in [5.41, 5.74) is 8.67. The summed E-state index contributed by atoms with van der Waals surface area (Å²) in [7, 11) is 0. The van der Waals surface area contributed by atoms with Crippen molar-refractivity contribution < 1.29 is 9.50 Å². The minimum absolute atomic E-state index is 0.130. The van der Waals surface area contributed by atoms with Gasteiger partial charge in [-0.05, 0) is 41.1 Å². The van der Waals surface area contributed by atoms with Crippen molar-refractivity contribution in [1.82, 2.24) is 4.98 Å². The van der Waals surface area contributed by atoms with E-state index in [1.807, 2.05) is 42.6 Å². The van der Waals surface area contributed by atoms with Gasteiger partial charge in [-0.2, -0.15) is 0 Å². The van der Waals surface area contributed by atoms with Crippen LogP contribution in [-0.4, -0.2) is 23.3 Å². The Morgan fingerprint density at radius 2 is 1.96 bits per heavy atom. The highest BCUT2D eigenvalue weighted by Crippen LogP contribution is 2.41. The molecule has 6 heteroatoms. The fourth-order valence-electron chi connectivity index (χ4n) is 3.66. The maximum absolute atomic E-state index is 13.5. The molecule has 2 aromatic heterocycles. The van der Waals surface area contributed by atoms with E-state index in [-0.39, 0.29) is 17.9 Å². The average molecular weight is 396 g/mol. The predicted molar refractivity (Wildman–Crippen MR) is 114 cm³/mol. The van der Waals surface area contributed by atoms with Gasteiger partial charge in [-0.1, -0.05) is 31.2 Å². The van der Waals surface area contributed by atoms with Crippen molar-refractivity contribution in [2.75, 3.05) is 13.2 Å². The summed E-state index contributed by atoms with van der Waals surface area (Å²) in [5.74, 6) is 0.143. The van der Waals surface area contributed by atoms with Gasteiger partial charge in [-0.3, -0.25) is 9.18 Å². The van der Waals surface area contributed by atoms with Crippen molar-refractivity contribution in [1.29, 1.82) is 0 Å². The molecule has 0 saturated heterocycles. The number of hydrogen-bond donors (Lipinski definition) is 3. The molecule has 0 spiro atoms. The Kier molecular flexibility index (Phi) is 4.48. The first-order chi connectivity index (χ1) is 13.4.